The number of hydrogen-bond acceptors (Lipinski definition) is 11. The van der Waals surface area contributed by atoms with E-state index in [1.54, 1.807) is 10.9 Å². The summed E-state index contributed by atoms with van der Waals surface area (Å²) >= 11 is 6.01. The van der Waals surface area contributed by atoms with E-state index in [1.165, 1.54) is 23.5 Å². The molecule has 14 heteroatoms. The molecular weight excluding hydrogens is 416 g/mol. The largest absolute Gasteiger partial charge is 0.387 e. The normalized spacial score (nSPS) is 24.2. The van der Waals surface area contributed by atoms with Gasteiger partial charge in [0.05, 0.1) is 19.3 Å². The van der Waals surface area contributed by atoms with Crippen LogP contribution in [-0.4, -0.2) is 74.1 Å². The van der Waals surface area contributed by atoms with Crippen molar-refractivity contribution in [2.24, 2.45) is 0 Å². The molecule has 0 saturated carbocycles. The van der Waals surface area contributed by atoms with Crippen LogP contribution in [0.4, 0.5) is 5.82 Å². The molecule has 0 bridgehead atoms. The fraction of sp³-hybridized carbons (Fsp3) is 0.375. The highest BCUT2D eigenvalue weighted by molar-refractivity contribution is 6.33. The lowest BCUT2D eigenvalue weighted by atomic mass is 10.1. The van der Waals surface area contributed by atoms with Crippen LogP contribution in [0.15, 0.2) is 25.3 Å². The first kappa shape index (κ1) is 19.0. The Labute approximate surface area is 173 Å². The molecule has 5 rings (SSSR count). The highest BCUT2D eigenvalue weighted by atomic mass is 35.5. The van der Waals surface area contributed by atoms with Crippen molar-refractivity contribution < 1.29 is 14.9 Å². The molecule has 1 fully saturated rings. The molecule has 1 aliphatic rings. The van der Waals surface area contributed by atoms with E-state index in [0.717, 1.165) is 0 Å². The van der Waals surface area contributed by atoms with E-state index < -0.39 is 24.5 Å². The molecule has 0 radical (unpaired) electrons. The van der Waals surface area contributed by atoms with Crippen LogP contribution in [0, 0.1) is 0 Å². The number of aromatic nitrogens is 8. The van der Waals surface area contributed by atoms with Crippen LogP contribution in [0.2, 0.25) is 5.15 Å². The Balaban J connectivity index is 1.29. The molecule has 0 aliphatic carbocycles. The Morgan fingerprint density at radius 3 is 2.63 bits per heavy atom. The number of aliphatic hydroxyl groups is 2. The predicted molar refractivity (Wildman–Crippen MR) is 104 cm³/mol. The summed E-state index contributed by atoms with van der Waals surface area (Å²) < 4.78 is 9.17. The number of nitrogens with two attached hydrogens (primary N) is 1. The molecule has 1 saturated heterocycles. The van der Waals surface area contributed by atoms with Gasteiger partial charge in [0, 0.05) is 6.54 Å². The lowest BCUT2D eigenvalue weighted by molar-refractivity contribution is -0.0345. The van der Waals surface area contributed by atoms with Gasteiger partial charge in [-0.05, 0) is 0 Å². The predicted octanol–water partition coefficient (Wildman–Crippen LogP) is -0.932. The number of imidazole rings is 2. The maximum absolute atomic E-state index is 10.5. The maximum atomic E-state index is 10.5. The Morgan fingerprint density at radius 1 is 1.00 bits per heavy atom. The van der Waals surface area contributed by atoms with Crippen LogP contribution in [0.25, 0.3) is 22.3 Å². The molecule has 4 aromatic rings. The van der Waals surface area contributed by atoms with Crippen molar-refractivity contribution in [3.8, 4) is 0 Å². The summed E-state index contributed by atoms with van der Waals surface area (Å²) in [6, 6.07) is 0. The van der Waals surface area contributed by atoms with Gasteiger partial charge in [0.25, 0.3) is 0 Å². The van der Waals surface area contributed by atoms with Gasteiger partial charge in [-0.2, -0.15) is 0 Å². The van der Waals surface area contributed by atoms with Gasteiger partial charge in [0.2, 0.25) is 0 Å². The number of fused-ring (bicyclic) bond motifs is 2. The number of nitrogens with zero attached hydrogens (tertiary/aromatic N) is 8. The zero-order valence-electron chi connectivity index (χ0n) is 15.4. The molecule has 156 valence electrons. The highest BCUT2D eigenvalue weighted by Gasteiger charge is 2.44. The fourth-order valence-corrected chi connectivity index (χ4v) is 3.66. The number of hydrogen-bond donors (Lipinski definition) is 4. The molecule has 30 heavy (non-hydrogen) atoms. The van der Waals surface area contributed by atoms with Crippen LogP contribution >= 0.6 is 11.6 Å². The fourth-order valence-electron chi connectivity index (χ4n) is 3.48. The molecule has 4 unspecified atom stereocenters. The van der Waals surface area contributed by atoms with Crippen LogP contribution in [-0.2, 0) is 11.4 Å². The molecule has 4 aromatic heterocycles. The first-order chi connectivity index (χ1) is 14.5. The van der Waals surface area contributed by atoms with Crippen molar-refractivity contribution in [3.05, 3.63) is 30.5 Å². The summed E-state index contributed by atoms with van der Waals surface area (Å²) in [6.45, 7) is 0.603. The third kappa shape index (κ3) is 3.03. The van der Waals surface area contributed by atoms with E-state index in [0.29, 0.717) is 29.0 Å². The van der Waals surface area contributed by atoms with Gasteiger partial charge in [0.15, 0.2) is 28.5 Å². The molecule has 1 aliphatic heterocycles. The average molecular weight is 433 g/mol. The van der Waals surface area contributed by atoms with Crippen LogP contribution in [0.3, 0.4) is 0 Å². The smallest absolute Gasteiger partial charge is 0.167 e. The Bertz CT molecular complexity index is 1210. The zero-order chi connectivity index (χ0) is 20.8. The molecule has 5 heterocycles. The van der Waals surface area contributed by atoms with E-state index in [2.05, 4.69) is 35.2 Å². The van der Waals surface area contributed by atoms with Crippen molar-refractivity contribution in [1.82, 2.24) is 44.4 Å². The number of nitrogen functional groups attached to an aromatic ring is 1. The van der Waals surface area contributed by atoms with Gasteiger partial charge >= 0.3 is 0 Å². The van der Waals surface area contributed by atoms with Crippen molar-refractivity contribution >= 4 is 39.7 Å². The molecular formula is C16H17ClN10O3. The first-order valence-corrected chi connectivity index (χ1v) is 9.39. The van der Waals surface area contributed by atoms with Crippen molar-refractivity contribution in [2.45, 2.75) is 31.2 Å². The van der Waals surface area contributed by atoms with Crippen LogP contribution in [0.5, 0.6) is 0 Å². The second-order valence-electron chi connectivity index (χ2n) is 6.79. The summed E-state index contributed by atoms with van der Waals surface area (Å²) in [5.41, 5.74) is 7.70. The standard InChI is InChI=1S/C16H17ClN10O3/c17-12-8-14(22-2-20-12)26(5-24-8)4-19-1-7-10(28)11(29)16(30-7)27-6-25-9-13(18)21-3-23-15(9)27/h2-3,5-7,10-11,16,19,28-29H,1,4H2,(H2,18,21,23). The number of rotatable bonds is 5. The maximum Gasteiger partial charge on any atom is 0.167 e. The first-order valence-electron chi connectivity index (χ1n) is 9.01. The number of halogens is 1. The summed E-state index contributed by atoms with van der Waals surface area (Å²) in [6.07, 6.45) is 1.87. The minimum absolute atomic E-state index is 0.224. The molecule has 13 nitrogen and oxygen atoms in total. The third-order valence-corrected chi connectivity index (χ3v) is 5.26. The molecule has 0 aromatic carbocycles. The van der Waals surface area contributed by atoms with E-state index in [4.69, 9.17) is 22.1 Å². The Hall–Kier alpha value is -2.97. The van der Waals surface area contributed by atoms with E-state index >= 15 is 0 Å². The van der Waals surface area contributed by atoms with E-state index in [1.807, 2.05) is 0 Å². The quantitative estimate of drug-likeness (QED) is 0.286. The molecule has 0 amide bonds. The SMILES string of the molecule is Nc1ncnc2c1ncn2C1OC(CNCn2cnc3c(Cl)ncnc32)C(O)C1O. The number of anilines is 1. The number of aliphatic hydroxyl groups excluding tert-OH is 2. The zero-order valence-corrected chi connectivity index (χ0v) is 16.1. The Kier molecular flexibility index (Phi) is 4.67. The molecule has 0 spiro atoms. The van der Waals surface area contributed by atoms with Gasteiger partial charge < -0.3 is 25.3 Å². The van der Waals surface area contributed by atoms with Crippen LogP contribution < -0.4 is 11.1 Å². The van der Waals surface area contributed by atoms with Gasteiger partial charge in [-0.15, -0.1) is 0 Å². The second kappa shape index (κ2) is 7.37. The van der Waals surface area contributed by atoms with Crippen LogP contribution in [0.1, 0.15) is 6.23 Å². The topological polar surface area (TPSA) is 175 Å². The lowest BCUT2D eigenvalue weighted by Gasteiger charge is -2.16. The Morgan fingerprint density at radius 2 is 1.77 bits per heavy atom. The summed E-state index contributed by atoms with van der Waals surface area (Å²) in [7, 11) is 0. The van der Waals surface area contributed by atoms with E-state index in [-0.39, 0.29) is 17.5 Å². The third-order valence-electron chi connectivity index (χ3n) is 4.98. The van der Waals surface area contributed by atoms with Crippen molar-refractivity contribution in [3.63, 3.8) is 0 Å². The summed E-state index contributed by atoms with van der Waals surface area (Å²) in [4.78, 5) is 24.5. The minimum atomic E-state index is -1.17. The van der Waals surface area contributed by atoms with Crippen molar-refractivity contribution in [1.29, 1.82) is 0 Å². The summed E-state index contributed by atoms with van der Waals surface area (Å²) in [5, 5.41) is 24.4. The molecule has 5 N–H and O–H groups in total. The van der Waals surface area contributed by atoms with Gasteiger partial charge in [-0.1, -0.05) is 11.6 Å². The number of ether oxygens (including phenoxy) is 1. The number of nitrogens with one attached hydrogen (secondary N) is 1. The average Bonchev–Trinajstić information content (AvgIpc) is 3.42. The van der Waals surface area contributed by atoms with E-state index in [9.17, 15) is 10.2 Å². The van der Waals surface area contributed by atoms with Crippen molar-refractivity contribution in [2.75, 3.05) is 12.3 Å². The van der Waals surface area contributed by atoms with Gasteiger partial charge in [0.1, 0.15) is 42.0 Å². The lowest BCUT2D eigenvalue weighted by Crippen LogP contribution is -2.38. The molecule has 4 atom stereocenters. The van der Waals surface area contributed by atoms with Gasteiger partial charge in [-0.3, -0.25) is 9.88 Å². The second-order valence-corrected chi connectivity index (χ2v) is 7.15. The highest BCUT2D eigenvalue weighted by Crippen LogP contribution is 2.31. The van der Waals surface area contributed by atoms with Gasteiger partial charge in [-0.25, -0.2) is 29.9 Å². The monoisotopic (exact) mass is 432 g/mol. The minimum Gasteiger partial charge on any atom is -0.387 e. The summed E-state index contributed by atoms with van der Waals surface area (Å²) in [5.74, 6) is 0.224.